The van der Waals surface area contributed by atoms with Crippen molar-refractivity contribution in [1.82, 2.24) is 9.66 Å². The number of thiophene rings is 2. The first-order valence-electron chi connectivity index (χ1n) is 9.73. The lowest BCUT2D eigenvalue weighted by atomic mass is 9.89. The van der Waals surface area contributed by atoms with Crippen LogP contribution in [0.4, 0.5) is 0 Å². The van der Waals surface area contributed by atoms with E-state index < -0.39 is 0 Å². The van der Waals surface area contributed by atoms with Gasteiger partial charge in [-0.1, -0.05) is 6.92 Å². The van der Waals surface area contributed by atoms with Crippen molar-refractivity contribution in [2.75, 3.05) is 5.43 Å². The number of carbonyl (C=O) groups excluding carboxylic acids is 1. The zero-order chi connectivity index (χ0) is 19.4. The summed E-state index contributed by atoms with van der Waals surface area (Å²) in [4.78, 5) is 32.7. The van der Waals surface area contributed by atoms with Crippen molar-refractivity contribution < 1.29 is 4.79 Å². The smallest absolute Gasteiger partial charge is 0.282 e. The van der Waals surface area contributed by atoms with Gasteiger partial charge in [-0.15, -0.1) is 22.7 Å². The Labute approximate surface area is 175 Å². The molecule has 5 nitrogen and oxygen atoms in total. The first-order chi connectivity index (χ1) is 13.5. The number of hydrogen-bond donors (Lipinski definition) is 2. The van der Waals surface area contributed by atoms with Crippen LogP contribution in [0.5, 0.6) is 0 Å². The molecule has 0 bridgehead atoms. The van der Waals surface area contributed by atoms with Gasteiger partial charge < -0.3 is 4.98 Å². The van der Waals surface area contributed by atoms with E-state index >= 15 is 0 Å². The molecule has 0 aliphatic heterocycles. The number of H-pyrrole nitrogens is 1. The number of nitrogens with zero attached hydrogens (tertiary/aromatic N) is 1. The molecule has 2 aliphatic rings. The van der Waals surface area contributed by atoms with Crippen LogP contribution >= 0.6 is 34.9 Å². The number of aryl methyl sites for hydroxylation is 2. The van der Waals surface area contributed by atoms with Gasteiger partial charge in [-0.05, 0) is 74.2 Å². The van der Waals surface area contributed by atoms with Crippen LogP contribution < -0.4 is 11.0 Å². The van der Waals surface area contributed by atoms with E-state index in [1.54, 1.807) is 22.7 Å². The summed E-state index contributed by atoms with van der Waals surface area (Å²) in [6.45, 7) is 2.25. The van der Waals surface area contributed by atoms with Gasteiger partial charge in [0.15, 0.2) is 0 Å². The Hall–Kier alpha value is -1.77. The van der Waals surface area contributed by atoms with Gasteiger partial charge in [0.25, 0.3) is 11.5 Å². The largest absolute Gasteiger partial charge is 0.322 e. The fourth-order valence-corrected chi connectivity index (χ4v) is 7.19. The Bertz CT molecular complexity index is 1210. The molecular weight excluding hydrogens is 410 g/mol. The Morgan fingerprint density at radius 1 is 1.25 bits per heavy atom. The van der Waals surface area contributed by atoms with E-state index in [1.165, 1.54) is 20.9 Å². The van der Waals surface area contributed by atoms with E-state index in [2.05, 4.69) is 17.3 Å². The lowest BCUT2D eigenvalue weighted by Crippen LogP contribution is -2.34. The monoisotopic (exact) mass is 431 g/mol. The summed E-state index contributed by atoms with van der Waals surface area (Å²) in [6.07, 6.45) is 7.25. The fourth-order valence-electron chi connectivity index (χ4n) is 4.37. The lowest BCUT2D eigenvalue weighted by Gasteiger charge is -2.17. The van der Waals surface area contributed by atoms with Gasteiger partial charge in [0.2, 0.25) is 4.77 Å². The third kappa shape index (κ3) is 2.89. The van der Waals surface area contributed by atoms with Gasteiger partial charge in [0.1, 0.15) is 4.83 Å². The quantitative estimate of drug-likeness (QED) is 0.584. The van der Waals surface area contributed by atoms with Crippen molar-refractivity contribution in [3.8, 4) is 0 Å². The SMILES string of the molecule is CC1CCc2c(sc3[nH]c(=S)n(NC(=O)c4csc5c4CCCC5)c(=O)c23)C1. The lowest BCUT2D eigenvalue weighted by molar-refractivity contribution is 0.101. The average Bonchev–Trinajstić information content (AvgIpc) is 3.25. The van der Waals surface area contributed by atoms with Crippen LogP contribution in [0, 0.1) is 10.7 Å². The maximum atomic E-state index is 13.2. The molecule has 146 valence electrons. The molecule has 1 atom stereocenters. The van der Waals surface area contributed by atoms with Gasteiger partial charge in [0, 0.05) is 15.1 Å². The summed E-state index contributed by atoms with van der Waals surface area (Å²) < 4.78 is 1.46. The summed E-state index contributed by atoms with van der Waals surface area (Å²) in [7, 11) is 0. The van der Waals surface area contributed by atoms with Crippen molar-refractivity contribution in [3.63, 3.8) is 0 Å². The number of aromatic amines is 1. The van der Waals surface area contributed by atoms with E-state index in [0.717, 1.165) is 54.5 Å². The highest BCUT2D eigenvalue weighted by Gasteiger charge is 2.25. The number of carbonyl (C=O) groups is 1. The number of amides is 1. The first-order valence-corrected chi connectivity index (χ1v) is 11.8. The summed E-state index contributed by atoms with van der Waals surface area (Å²) in [5, 5.41) is 2.60. The molecule has 0 fully saturated rings. The van der Waals surface area contributed by atoms with Crippen LogP contribution in [0.2, 0.25) is 0 Å². The Balaban J connectivity index is 1.56. The van der Waals surface area contributed by atoms with Crippen LogP contribution in [-0.2, 0) is 25.7 Å². The highest BCUT2D eigenvalue weighted by atomic mass is 32.1. The molecule has 0 saturated heterocycles. The van der Waals surface area contributed by atoms with E-state index in [4.69, 9.17) is 12.2 Å². The van der Waals surface area contributed by atoms with Gasteiger partial charge in [-0.2, -0.15) is 4.68 Å². The van der Waals surface area contributed by atoms with E-state index in [1.807, 2.05) is 5.38 Å². The van der Waals surface area contributed by atoms with Gasteiger partial charge in [-0.3, -0.25) is 15.0 Å². The van der Waals surface area contributed by atoms with Crippen molar-refractivity contribution in [2.24, 2.45) is 5.92 Å². The molecule has 0 spiro atoms. The van der Waals surface area contributed by atoms with Crippen LogP contribution in [0.3, 0.4) is 0 Å². The minimum Gasteiger partial charge on any atom is -0.322 e. The second-order valence-corrected chi connectivity index (χ2v) is 10.3. The molecule has 28 heavy (non-hydrogen) atoms. The molecule has 3 aromatic rings. The number of nitrogens with one attached hydrogen (secondary N) is 2. The molecule has 2 N–H and O–H groups in total. The summed E-state index contributed by atoms with van der Waals surface area (Å²) in [6, 6.07) is 0. The second-order valence-electron chi connectivity index (χ2n) is 7.83. The first kappa shape index (κ1) is 18.3. The third-order valence-electron chi connectivity index (χ3n) is 5.87. The van der Waals surface area contributed by atoms with E-state index in [0.29, 0.717) is 16.9 Å². The highest BCUT2D eigenvalue weighted by Crippen LogP contribution is 2.35. The summed E-state index contributed by atoms with van der Waals surface area (Å²) in [5.74, 6) is 0.383. The summed E-state index contributed by atoms with van der Waals surface area (Å²) >= 11 is 8.67. The maximum absolute atomic E-state index is 13.2. The zero-order valence-electron chi connectivity index (χ0n) is 15.6. The van der Waals surface area contributed by atoms with Crippen LogP contribution in [0.15, 0.2) is 10.2 Å². The molecule has 0 aromatic carbocycles. The van der Waals surface area contributed by atoms with Gasteiger partial charge in [0.05, 0.1) is 10.9 Å². The van der Waals surface area contributed by atoms with Crippen molar-refractivity contribution >= 4 is 51.0 Å². The molecule has 1 unspecified atom stereocenters. The Morgan fingerprint density at radius 3 is 2.93 bits per heavy atom. The van der Waals surface area contributed by atoms with E-state index in [-0.39, 0.29) is 16.2 Å². The predicted molar refractivity (Wildman–Crippen MR) is 117 cm³/mol. The number of rotatable bonds is 2. The third-order valence-corrected chi connectivity index (χ3v) is 8.41. The normalized spacial score (nSPS) is 18.7. The Kier molecular flexibility index (Phi) is 4.52. The number of aromatic nitrogens is 2. The molecule has 3 aromatic heterocycles. The number of hydrogen-bond acceptors (Lipinski definition) is 5. The minimum atomic E-state index is -0.252. The van der Waals surface area contributed by atoms with Gasteiger partial charge in [-0.25, -0.2) is 0 Å². The second kappa shape index (κ2) is 6.93. The molecule has 8 heteroatoms. The molecule has 0 saturated carbocycles. The molecule has 2 aliphatic carbocycles. The number of fused-ring (bicyclic) bond motifs is 4. The maximum Gasteiger partial charge on any atom is 0.282 e. The Morgan fingerprint density at radius 2 is 2.07 bits per heavy atom. The van der Waals surface area contributed by atoms with Crippen molar-refractivity contribution in [3.05, 3.63) is 46.9 Å². The molecular formula is C20H21N3O2S3. The molecule has 1 amide bonds. The average molecular weight is 432 g/mol. The van der Waals surface area contributed by atoms with Crippen LogP contribution in [0.25, 0.3) is 10.2 Å². The van der Waals surface area contributed by atoms with Gasteiger partial charge >= 0.3 is 0 Å². The van der Waals surface area contributed by atoms with Crippen molar-refractivity contribution in [1.29, 1.82) is 0 Å². The standard InChI is InChI=1S/C20H21N3O2S3/c1-10-6-7-12-15(8-10)28-18-16(12)19(25)23(20(26)21-18)22-17(24)13-9-27-14-5-3-2-4-11(13)14/h9-10H,2-8H2,1H3,(H,21,26)(H,22,24). The zero-order valence-corrected chi connectivity index (χ0v) is 18.0. The minimum absolute atomic E-state index is 0.219. The molecule has 5 rings (SSSR count). The molecule has 0 radical (unpaired) electrons. The highest BCUT2D eigenvalue weighted by molar-refractivity contribution is 7.71. The fraction of sp³-hybridized carbons (Fsp3) is 0.450. The van der Waals surface area contributed by atoms with Crippen LogP contribution in [-0.4, -0.2) is 15.6 Å². The van der Waals surface area contributed by atoms with E-state index in [9.17, 15) is 9.59 Å². The van der Waals surface area contributed by atoms with Crippen molar-refractivity contribution in [2.45, 2.75) is 51.9 Å². The predicted octanol–water partition coefficient (Wildman–Crippen LogP) is 4.57. The molecule has 3 heterocycles. The summed E-state index contributed by atoms with van der Waals surface area (Å²) in [5.41, 5.74) is 5.50. The topological polar surface area (TPSA) is 66.9 Å². The van der Waals surface area contributed by atoms with Crippen LogP contribution in [0.1, 0.15) is 57.4 Å².